The van der Waals surface area contributed by atoms with Crippen molar-refractivity contribution in [3.05, 3.63) is 53.6 Å². The summed E-state index contributed by atoms with van der Waals surface area (Å²) < 4.78 is 21.0. The number of carbonyl (C=O) groups is 2. The lowest BCUT2D eigenvalue weighted by molar-refractivity contribution is -0.130. The SMILES string of the molecule is CC(C)(C)OC(=O)NCC#Cc1cc(CC(=O)N2CCN(c3ccc4nncn4n3)CC2)ccc1F. The molecule has 10 nitrogen and oxygen atoms in total. The van der Waals surface area contributed by atoms with Crippen molar-refractivity contribution in [2.24, 2.45) is 0 Å². The Morgan fingerprint density at radius 1 is 1.14 bits per heavy atom. The summed E-state index contributed by atoms with van der Waals surface area (Å²) >= 11 is 0. The summed E-state index contributed by atoms with van der Waals surface area (Å²) in [6, 6.07) is 8.22. The van der Waals surface area contributed by atoms with E-state index < -0.39 is 17.5 Å². The quantitative estimate of drug-likeness (QED) is 0.555. The molecule has 1 aliphatic rings. The lowest BCUT2D eigenvalue weighted by Crippen LogP contribution is -2.49. The van der Waals surface area contributed by atoms with Gasteiger partial charge in [0.25, 0.3) is 0 Å². The van der Waals surface area contributed by atoms with Crippen LogP contribution in [-0.2, 0) is 16.0 Å². The highest BCUT2D eigenvalue weighted by atomic mass is 19.1. The number of ether oxygens (including phenoxy) is 1. The zero-order valence-electron chi connectivity index (χ0n) is 20.5. The minimum absolute atomic E-state index is 0.0148. The van der Waals surface area contributed by atoms with Crippen LogP contribution in [0.3, 0.4) is 0 Å². The van der Waals surface area contributed by atoms with E-state index in [0.29, 0.717) is 37.4 Å². The van der Waals surface area contributed by atoms with E-state index >= 15 is 0 Å². The van der Waals surface area contributed by atoms with Gasteiger partial charge in [-0.3, -0.25) is 4.79 Å². The van der Waals surface area contributed by atoms with E-state index in [-0.39, 0.29) is 24.4 Å². The largest absolute Gasteiger partial charge is 0.444 e. The first kappa shape index (κ1) is 24.9. The number of hydrogen-bond acceptors (Lipinski definition) is 7. The number of rotatable bonds is 4. The summed E-state index contributed by atoms with van der Waals surface area (Å²) in [5.74, 6) is 5.71. The standard InChI is InChI=1S/C25H28FN7O3/c1-25(2,3)36-24(35)27-10-4-5-19-15-18(6-7-20(19)26)16-23(34)32-13-11-31(12-14-32)22-9-8-21-29-28-17-33(21)30-22/h6-9,15,17H,10-14,16H2,1-3H3,(H,27,35). The van der Waals surface area contributed by atoms with E-state index in [0.717, 1.165) is 5.82 Å². The smallest absolute Gasteiger partial charge is 0.408 e. The van der Waals surface area contributed by atoms with Crippen LogP contribution in [0.5, 0.6) is 0 Å². The van der Waals surface area contributed by atoms with Crippen LogP contribution >= 0.6 is 0 Å². The number of fused-ring (bicyclic) bond motifs is 1. The summed E-state index contributed by atoms with van der Waals surface area (Å²) in [6.45, 7) is 7.72. The molecule has 1 aromatic carbocycles. The van der Waals surface area contributed by atoms with Crippen molar-refractivity contribution in [1.82, 2.24) is 30.0 Å². The lowest BCUT2D eigenvalue weighted by Gasteiger charge is -2.35. The Morgan fingerprint density at radius 2 is 1.92 bits per heavy atom. The van der Waals surface area contributed by atoms with Gasteiger partial charge in [-0.15, -0.1) is 15.3 Å². The molecule has 0 bridgehead atoms. The van der Waals surface area contributed by atoms with Crippen molar-refractivity contribution in [1.29, 1.82) is 0 Å². The van der Waals surface area contributed by atoms with Crippen molar-refractivity contribution in [3.8, 4) is 11.8 Å². The number of halogens is 1. The number of anilines is 1. The van der Waals surface area contributed by atoms with Gasteiger partial charge in [0, 0.05) is 26.2 Å². The number of piperazine rings is 1. The Kier molecular flexibility index (Phi) is 7.33. The van der Waals surface area contributed by atoms with Crippen molar-refractivity contribution in [2.75, 3.05) is 37.6 Å². The van der Waals surface area contributed by atoms with Gasteiger partial charge in [0.2, 0.25) is 5.91 Å². The zero-order valence-corrected chi connectivity index (χ0v) is 20.5. The number of aromatic nitrogens is 4. The molecule has 0 unspecified atom stereocenters. The van der Waals surface area contributed by atoms with Crippen LogP contribution in [0.15, 0.2) is 36.7 Å². The molecular weight excluding hydrogens is 465 g/mol. The number of benzene rings is 1. The van der Waals surface area contributed by atoms with E-state index in [1.807, 2.05) is 12.1 Å². The molecule has 3 aromatic rings. The Labute approximate surface area is 208 Å². The fourth-order valence-electron chi connectivity index (χ4n) is 3.71. The molecule has 11 heteroatoms. The van der Waals surface area contributed by atoms with E-state index in [1.54, 1.807) is 48.6 Å². The summed E-state index contributed by atoms with van der Waals surface area (Å²) in [4.78, 5) is 28.5. The van der Waals surface area contributed by atoms with E-state index in [2.05, 4.69) is 37.4 Å². The molecule has 1 saturated heterocycles. The summed E-state index contributed by atoms with van der Waals surface area (Å²) in [6.07, 6.45) is 1.11. The molecule has 0 saturated carbocycles. The maximum Gasteiger partial charge on any atom is 0.408 e. The molecule has 2 aromatic heterocycles. The molecule has 36 heavy (non-hydrogen) atoms. The Balaban J connectivity index is 1.30. The van der Waals surface area contributed by atoms with Gasteiger partial charge >= 0.3 is 6.09 Å². The van der Waals surface area contributed by atoms with Crippen LogP contribution in [0.25, 0.3) is 5.65 Å². The Morgan fingerprint density at radius 3 is 2.67 bits per heavy atom. The maximum absolute atomic E-state index is 14.2. The molecule has 0 radical (unpaired) electrons. The number of hydrogen-bond donors (Lipinski definition) is 1. The average molecular weight is 494 g/mol. The van der Waals surface area contributed by atoms with Crippen molar-refractivity contribution < 1.29 is 18.7 Å². The third kappa shape index (κ3) is 6.47. The van der Waals surface area contributed by atoms with Gasteiger partial charge < -0.3 is 19.9 Å². The number of alkyl carbamates (subject to hydrolysis) is 1. The normalized spacial score (nSPS) is 13.8. The molecule has 0 spiro atoms. The van der Waals surface area contributed by atoms with E-state index in [4.69, 9.17) is 4.74 Å². The van der Waals surface area contributed by atoms with Crippen LogP contribution in [0.4, 0.5) is 15.0 Å². The van der Waals surface area contributed by atoms with Crippen LogP contribution in [0.1, 0.15) is 31.9 Å². The van der Waals surface area contributed by atoms with Gasteiger partial charge in [0.05, 0.1) is 18.5 Å². The molecule has 0 aliphatic carbocycles. The van der Waals surface area contributed by atoms with Crippen LogP contribution < -0.4 is 10.2 Å². The van der Waals surface area contributed by atoms with Crippen molar-refractivity contribution in [2.45, 2.75) is 32.8 Å². The number of nitrogens with one attached hydrogen (secondary N) is 1. The van der Waals surface area contributed by atoms with E-state index in [1.165, 1.54) is 6.07 Å². The molecule has 1 N–H and O–H groups in total. The Hall–Kier alpha value is -4.20. The second-order valence-corrected chi connectivity index (χ2v) is 9.34. The predicted octanol–water partition coefficient (Wildman–Crippen LogP) is 2.03. The molecule has 4 rings (SSSR count). The monoisotopic (exact) mass is 493 g/mol. The zero-order chi connectivity index (χ0) is 25.7. The number of carbonyl (C=O) groups excluding carboxylic acids is 2. The summed E-state index contributed by atoms with van der Waals surface area (Å²) in [5, 5.41) is 14.8. The molecule has 188 valence electrons. The highest BCUT2D eigenvalue weighted by Gasteiger charge is 2.22. The minimum Gasteiger partial charge on any atom is -0.444 e. The molecule has 3 heterocycles. The second-order valence-electron chi connectivity index (χ2n) is 9.34. The third-order valence-electron chi connectivity index (χ3n) is 5.43. The van der Waals surface area contributed by atoms with Gasteiger partial charge in [0.15, 0.2) is 5.65 Å². The minimum atomic E-state index is -0.611. The molecular formula is C25H28FN7O3. The molecule has 1 aliphatic heterocycles. The molecule has 2 amide bonds. The van der Waals surface area contributed by atoms with E-state index in [9.17, 15) is 14.0 Å². The van der Waals surface area contributed by atoms with Crippen LogP contribution in [0.2, 0.25) is 0 Å². The number of amides is 2. The van der Waals surface area contributed by atoms with Crippen molar-refractivity contribution in [3.63, 3.8) is 0 Å². The van der Waals surface area contributed by atoms with Crippen molar-refractivity contribution >= 4 is 23.5 Å². The van der Waals surface area contributed by atoms with Gasteiger partial charge in [-0.2, -0.15) is 4.52 Å². The lowest BCUT2D eigenvalue weighted by atomic mass is 10.1. The van der Waals surface area contributed by atoms with Gasteiger partial charge in [-0.05, 0) is 50.6 Å². The predicted molar refractivity (Wildman–Crippen MR) is 131 cm³/mol. The maximum atomic E-state index is 14.2. The first-order valence-corrected chi connectivity index (χ1v) is 11.6. The topological polar surface area (TPSA) is 105 Å². The number of nitrogens with zero attached hydrogens (tertiary/aromatic N) is 6. The van der Waals surface area contributed by atoms with Crippen LogP contribution in [-0.4, -0.2) is 75.0 Å². The summed E-state index contributed by atoms with van der Waals surface area (Å²) in [7, 11) is 0. The first-order chi connectivity index (χ1) is 17.2. The van der Waals surface area contributed by atoms with Crippen LogP contribution in [0, 0.1) is 17.7 Å². The highest BCUT2D eigenvalue weighted by Crippen LogP contribution is 2.16. The molecule has 0 atom stereocenters. The molecule has 1 fully saturated rings. The fraction of sp³-hybridized carbons (Fsp3) is 0.400. The van der Waals surface area contributed by atoms with Gasteiger partial charge in [-0.25, -0.2) is 9.18 Å². The van der Waals surface area contributed by atoms with Gasteiger partial charge in [-0.1, -0.05) is 17.9 Å². The fourth-order valence-corrected chi connectivity index (χ4v) is 3.71. The van der Waals surface area contributed by atoms with Gasteiger partial charge in [0.1, 0.15) is 23.6 Å². The first-order valence-electron chi connectivity index (χ1n) is 11.6. The highest BCUT2D eigenvalue weighted by molar-refractivity contribution is 5.79. The third-order valence-corrected chi connectivity index (χ3v) is 5.43. The Bertz CT molecular complexity index is 1310. The average Bonchev–Trinajstić information content (AvgIpc) is 3.30. The second kappa shape index (κ2) is 10.6. The summed E-state index contributed by atoms with van der Waals surface area (Å²) in [5.41, 5.74) is 0.912.